The number of carbonyl (C=O) groups excluding carboxylic acids is 2. The number of hydrogen-bond acceptors (Lipinski definition) is 4. The van der Waals surface area contributed by atoms with Crippen LogP contribution in [0.3, 0.4) is 0 Å². The Morgan fingerprint density at radius 2 is 1.78 bits per heavy atom. The second-order valence-electron chi connectivity index (χ2n) is 5.41. The Labute approximate surface area is 134 Å². The summed E-state index contributed by atoms with van der Waals surface area (Å²) in [7, 11) is 1.53. The maximum absolute atomic E-state index is 11.9. The Balaban J connectivity index is 2.15. The smallest absolute Gasteiger partial charge is 0.330 e. The minimum absolute atomic E-state index is 0.398. The lowest BCUT2D eigenvalue weighted by molar-refractivity contribution is -0.147. The quantitative estimate of drug-likeness (QED) is 0.682. The number of amides is 1. The van der Waals surface area contributed by atoms with Gasteiger partial charge in [0.15, 0.2) is 0 Å². The van der Waals surface area contributed by atoms with E-state index in [0.717, 1.165) is 28.2 Å². The molecule has 0 radical (unpaired) electrons. The summed E-state index contributed by atoms with van der Waals surface area (Å²) in [6.45, 7) is 2.59. The molecule has 0 heterocycles. The second kappa shape index (κ2) is 5.76. The first kappa shape index (κ1) is 15.1. The molecule has 0 aliphatic heterocycles. The fourth-order valence-corrected chi connectivity index (χ4v) is 2.88. The molecule has 1 amide bonds. The van der Waals surface area contributed by atoms with E-state index in [0.29, 0.717) is 11.4 Å². The Bertz CT molecular complexity index is 798. The van der Waals surface area contributed by atoms with Gasteiger partial charge in [-0.3, -0.25) is 4.79 Å². The maximum atomic E-state index is 11.9. The molecular weight excluding hydrogens is 294 g/mol. The first-order valence-corrected chi connectivity index (χ1v) is 7.29. The van der Waals surface area contributed by atoms with Crippen LogP contribution in [0.1, 0.15) is 25.0 Å². The molecule has 0 bridgehead atoms. The third kappa shape index (κ3) is 2.65. The number of nitrogens with zero attached hydrogens (tertiary/aromatic N) is 1. The van der Waals surface area contributed by atoms with Gasteiger partial charge in [-0.1, -0.05) is 24.3 Å². The summed E-state index contributed by atoms with van der Waals surface area (Å²) in [5.41, 5.74) is 4.92. The number of rotatable bonds is 2. The molecule has 3 rings (SSSR count). The zero-order valence-corrected chi connectivity index (χ0v) is 13.3. The van der Waals surface area contributed by atoms with E-state index in [9.17, 15) is 9.59 Å². The topological polar surface area (TPSA) is 55.8 Å². The maximum Gasteiger partial charge on any atom is 0.330 e. The number of carbonyl (C=O) groups is 2. The van der Waals surface area contributed by atoms with Gasteiger partial charge in [0.25, 0.3) is 5.91 Å². The SMILES string of the molecule is COc1cc2c(cc1N(OC(C)=O)C(C)=O)-c1ccccc1C2. The highest BCUT2D eigenvalue weighted by atomic mass is 16.7. The second-order valence-corrected chi connectivity index (χ2v) is 5.41. The van der Waals surface area contributed by atoms with Crippen LogP contribution in [0.15, 0.2) is 36.4 Å². The molecule has 5 heteroatoms. The van der Waals surface area contributed by atoms with Crippen molar-refractivity contribution < 1.29 is 19.2 Å². The average molecular weight is 311 g/mol. The molecule has 1 aliphatic carbocycles. The van der Waals surface area contributed by atoms with E-state index in [1.807, 2.05) is 30.3 Å². The van der Waals surface area contributed by atoms with E-state index in [2.05, 4.69) is 6.07 Å². The Kier molecular flexibility index (Phi) is 3.78. The Morgan fingerprint density at radius 1 is 1.04 bits per heavy atom. The van der Waals surface area contributed by atoms with Gasteiger partial charge in [-0.2, -0.15) is 0 Å². The van der Waals surface area contributed by atoms with Gasteiger partial charge >= 0.3 is 5.97 Å². The molecule has 0 spiro atoms. The van der Waals surface area contributed by atoms with E-state index in [1.165, 1.54) is 26.5 Å². The van der Waals surface area contributed by atoms with Crippen molar-refractivity contribution in [2.45, 2.75) is 20.3 Å². The van der Waals surface area contributed by atoms with Crippen LogP contribution in [0.25, 0.3) is 11.1 Å². The van der Waals surface area contributed by atoms with Crippen molar-refractivity contribution in [1.82, 2.24) is 0 Å². The van der Waals surface area contributed by atoms with Gasteiger partial charge in [0.05, 0.1) is 7.11 Å². The monoisotopic (exact) mass is 311 g/mol. The molecule has 0 aromatic heterocycles. The number of hydroxylamine groups is 1. The zero-order valence-electron chi connectivity index (χ0n) is 13.3. The lowest BCUT2D eigenvalue weighted by Gasteiger charge is -2.22. The van der Waals surface area contributed by atoms with Crippen LogP contribution in [-0.4, -0.2) is 19.0 Å². The van der Waals surface area contributed by atoms with Crippen LogP contribution in [-0.2, 0) is 20.8 Å². The van der Waals surface area contributed by atoms with Gasteiger partial charge in [-0.05, 0) is 40.8 Å². The third-order valence-electron chi connectivity index (χ3n) is 3.82. The van der Waals surface area contributed by atoms with Crippen molar-refractivity contribution in [2.24, 2.45) is 0 Å². The normalized spacial score (nSPS) is 11.4. The van der Waals surface area contributed by atoms with Crippen molar-refractivity contribution in [3.8, 4) is 16.9 Å². The molecule has 5 nitrogen and oxygen atoms in total. The molecule has 0 atom stereocenters. The molecule has 2 aromatic rings. The van der Waals surface area contributed by atoms with Gasteiger partial charge in [0, 0.05) is 13.8 Å². The lowest BCUT2D eigenvalue weighted by Crippen LogP contribution is -2.31. The number of anilines is 1. The van der Waals surface area contributed by atoms with Crippen LogP contribution >= 0.6 is 0 Å². The lowest BCUT2D eigenvalue weighted by atomic mass is 10.0. The summed E-state index contributed by atoms with van der Waals surface area (Å²) >= 11 is 0. The number of methoxy groups -OCH3 is 1. The Morgan fingerprint density at radius 3 is 2.43 bits per heavy atom. The summed E-state index contributed by atoms with van der Waals surface area (Å²) in [5, 5.41) is 0.975. The van der Waals surface area contributed by atoms with Gasteiger partial charge in [-0.25, -0.2) is 4.79 Å². The first-order valence-electron chi connectivity index (χ1n) is 7.29. The van der Waals surface area contributed by atoms with Crippen molar-refractivity contribution >= 4 is 17.6 Å². The Hall–Kier alpha value is -2.82. The third-order valence-corrected chi connectivity index (χ3v) is 3.82. The minimum atomic E-state index is -0.567. The standard InChI is InChI=1S/C18H17NO4/c1-11(20)19(23-12(2)21)17-10-16-14(9-18(17)22-3)8-13-6-4-5-7-15(13)16/h4-7,9-10H,8H2,1-3H3. The summed E-state index contributed by atoms with van der Waals surface area (Å²) in [4.78, 5) is 28.2. The van der Waals surface area contributed by atoms with E-state index in [1.54, 1.807) is 0 Å². The molecule has 2 aromatic carbocycles. The summed E-state index contributed by atoms with van der Waals surface area (Å²) in [6.07, 6.45) is 0.815. The highest BCUT2D eigenvalue weighted by molar-refractivity contribution is 5.95. The molecule has 1 aliphatic rings. The zero-order chi connectivity index (χ0) is 16.6. The molecule has 0 N–H and O–H groups in total. The van der Waals surface area contributed by atoms with Gasteiger partial charge in [0.1, 0.15) is 11.4 Å². The number of ether oxygens (including phenoxy) is 1. The molecule has 0 saturated heterocycles. The van der Waals surface area contributed by atoms with E-state index < -0.39 is 11.9 Å². The molecular formula is C18H17NO4. The summed E-state index contributed by atoms with van der Waals surface area (Å²) < 4.78 is 5.40. The van der Waals surface area contributed by atoms with E-state index in [4.69, 9.17) is 9.57 Å². The van der Waals surface area contributed by atoms with Crippen molar-refractivity contribution in [3.63, 3.8) is 0 Å². The fraction of sp³-hybridized carbons (Fsp3) is 0.222. The molecule has 23 heavy (non-hydrogen) atoms. The fourth-order valence-electron chi connectivity index (χ4n) is 2.88. The van der Waals surface area contributed by atoms with E-state index in [-0.39, 0.29) is 0 Å². The molecule has 0 saturated carbocycles. The molecule has 118 valence electrons. The van der Waals surface area contributed by atoms with Crippen molar-refractivity contribution in [2.75, 3.05) is 12.2 Å². The van der Waals surface area contributed by atoms with Crippen molar-refractivity contribution in [3.05, 3.63) is 47.5 Å². The first-order chi connectivity index (χ1) is 11.0. The number of hydrogen-bond donors (Lipinski definition) is 0. The van der Waals surface area contributed by atoms with Gasteiger partial charge in [0.2, 0.25) is 0 Å². The summed E-state index contributed by atoms with van der Waals surface area (Å²) in [5.74, 6) is -0.471. The van der Waals surface area contributed by atoms with E-state index >= 15 is 0 Å². The summed E-state index contributed by atoms with van der Waals surface area (Å²) in [6, 6.07) is 11.8. The molecule has 0 unspecified atom stereocenters. The minimum Gasteiger partial charge on any atom is -0.494 e. The number of benzene rings is 2. The van der Waals surface area contributed by atoms with Crippen LogP contribution in [0.2, 0.25) is 0 Å². The largest absolute Gasteiger partial charge is 0.494 e. The average Bonchev–Trinajstić information content (AvgIpc) is 2.88. The molecule has 0 fully saturated rings. The number of fused-ring (bicyclic) bond motifs is 3. The van der Waals surface area contributed by atoms with Crippen LogP contribution in [0.4, 0.5) is 5.69 Å². The van der Waals surface area contributed by atoms with Gasteiger partial charge < -0.3 is 9.57 Å². The predicted molar refractivity (Wildman–Crippen MR) is 86.2 cm³/mol. The van der Waals surface area contributed by atoms with Crippen LogP contribution in [0, 0.1) is 0 Å². The highest BCUT2D eigenvalue weighted by Gasteiger charge is 2.26. The van der Waals surface area contributed by atoms with Crippen LogP contribution < -0.4 is 9.80 Å². The predicted octanol–water partition coefficient (Wildman–Crippen LogP) is 3.10. The van der Waals surface area contributed by atoms with Crippen molar-refractivity contribution in [1.29, 1.82) is 0 Å². The highest BCUT2D eigenvalue weighted by Crippen LogP contribution is 2.43. The van der Waals surface area contributed by atoms with Crippen LogP contribution in [0.5, 0.6) is 5.75 Å². The van der Waals surface area contributed by atoms with Gasteiger partial charge in [-0.15, -0.1) is 5.06 Å².